The van der Waals surface area contributed by atoms with Crippen molar-refractivity contribution in [2.24, 2.45) is 0 Å². The first-order chi connectivity index (χ1) is 12.1. The SMILES string of the molecule is CC(=O)Oc1ccc(OCCNCCC(O)c2cnccc2N)cc1. The Labute approximate surface area is 146 Å². The van der Waals surface area contributed by atoms with Crippen molar-refractivity contribution in [3.05, 3.63) is 48.3 Å². The summed E-state index contributed by atoms with van der Waals surface area (Å²) in [6, 6.07) is 8.52. The van der Waals surface area contributed by atoms with E-state index in [-0.39, 0.29) is 5.97 Å². The second kappa shape index (κ2) is 9.61. The molecular formula is C18H23N3O4. The number of aliphatic hydroxyl groups excluding tert-OH is 1. The van der Waals surface area contributed by atoms with Gasteiger partial charge in [0.1, 0.15) is 18.1 Å². The van der Waals surface area contributed by atoms with E-state index in [1.54, 1.807) is 42.7 Å². The minimum absolute atomic E-state index is 0.354. The fourth-order valence-corrected chi connectivity index (χ4v) is 2.23. The molecule has 0 aliphatic heterocycles. The summed E-state index contributed by atoms with van der Waals surface area (Å²) < 4.78 is 10.5. The maximum absolute atomic E-state index is 10.8. The first-order valence-corrected chi connectivity index (χ1v) is 8.05. The zero-order valence-electron chi connectivity index (χ0n) is 14.1. The molecule has 0 saturated heterocycles. The molecule has 0 fully saturated rings. The summed E-state index contributed by atoms with van der Waals surface area (Å²) >= 11 is 0. The van der Waals surface area contributed by atoms with E-state index in [2.05, 4.69) is 10.3 Å². The number of nitrogens with one attached hydrogen (secondary N) is 1. The number of esters is 1. The van der Waals surface area contributed by atoms with Crippen LogP contribution in [0.15, 0.2) is 42.7 Å². The van der Waals surface area contributed by atoms with Crippen molar-refractivity contribution in [2.45, 2.75) is 19.4 Å². The lowest BCUT2D eigenvalue weighted by atomic mass is 10.1. The summed E-state index contributed by atoms with van der Waals surface area (Å²) in [5.41, 5.74) is 7.00. The zero-order valence-corrected chi connectivity index (χ0v) is 14.1. The number of rotatable bonds is 9. The Morgan fingerprint density at radius 2 is 1.96 bits per heavy atom. The van der Waals surface area contributed by atoms with Crippen molar-refractivity contribution in [3.63, 3.8) is 0 Å². The van der Waals surface area contributed by atoms with Crippen LogP contribution in [0.25, 0.3) is 0 Å². The first kappa shape index (κ1) is 18.7. The van der Waals surface area contributed by atoms with E-state index >= 15 is 0 Å². The molecule has 7 nitrogen and oxygen atoms in total. The van der Waals surface area contributed by atoms with E-state index in [4.69, 9.17) is 15.2 Å². The van der Waals surface area contributed by atoms with E-state index < -0.39 is 6.10 Å². The molecule has 0 radical (unpaired) electrons. The number of benzene rings is 1. The largest absolute Gasteiger partial charge is 0.492 e. The molecule has 1 aromatic carbocycles. The highest BCUT2D eigenvalue weighted by atomic mass is 16.5. The quantitative estimate of drug-likeness (QED) is 0.360. The molecule has 1 heterocycles. The van der Waals surface area contributed by atoms with Gasteiger partial charge in [-0.2, -0.15) is 0 Å². The third-order valence-electron chi connectivity index (χ3n) is 3.47. The molecule has 0 spiro atoms. The number of anilines is 1. The van der Waals surface area contributed by atoms with E-state index in [0.29, 0.717) is 48.9 Å². The van der Waals surface area contributed by atoms with E-state index in [0.717, 1.165) is 0 Å². The highest BCUT2D eigenvalue weighted by Crippen LogP contribution is 2.21. The molecule has 2 rings (SSSR count). The lowest BCUT2D eigenvalue weighted by molar-refractivity contribution is -0.131. The number of aromatic nitrogens is 1. The summed E-state index contributed by atoms with van der Waals surface area (Å²) in [7, 11) is 0. The normalized spacial score (nSPS) is 11.8. The van der Waals surface area contributed by atoms with E-state index in [1.165, 1.54) is 6.92 Å². The Bertz CT molecular complexity index is 676. The van der Waals surface area contributed by atoms with Crippen LogP contribution >= 0.6 is 0 Å². The zero-order chi connectivity index (χ0) is 18.1. The number of nitrogens with two attached hydrogens (primary N) is 1. The number of hydrogen-bond acceptors (Lipinski definition) is 7. The Kier molecular flexibility index (Phi) is 7.18. The highest BCUT2D eigenvalue weighted by molar-refractivity contribution is 5.69. The van der Waals surface area contributed by atoms with Crippen LogP contribution < -0.4 is 20.5 Å². The second-order valence-corrected chi connectivity index (χ2v) is 5.47. The molecule has 2 aromatic rings. The number of nitrogen functional groups attached to an aromatic ring is 1. The van der Waals surface area contributed by atoms with Gasteiger partial charge in [0.15, 0.2) is 0 Å². The Morgan fingerprint density at radius 3 is 2.64 bits per heavy atom. The van der Waals surface area contributed by atoms with Crippen LogP contribution in [0.2, 0.25) is 0 Å². The summed E-state index contributed by atoms with van der Waals surface area (Å²) in [6.45, 7) is 3.11. The predicted molar refractivity (Wildman–Crippen MR) is 94.3 cm³/mol. The van der Waals surface area contributed by atoms with E-state index in [9.17, 15) is 9.90 Å². The van der Waals surface area contributed by atoms with Gasteiger partial charge in [-0.15, -0.1) is 0 Å². The molecule has 7 heteroatoms. The van der Waals surface area contributed by atoms with Crippen molar-refractivity contribution >= 4 is 11.7 Å². The van der Waals surface area contributed by atoms with Crippen molar-refractivity contribution < 1.29 is 19.4 Å². The average molecular weight is 345 g/mol. The fourth-order valence-electron chi connectivity index (χ4n) is 2.23. The average Bonchev–Trinajstić information content (AvgIpc) is 2.59. The van der Waals surface area contributed by atoms with Crippen molar-refractivity contribution in [1.29, 1.82) is 0 Å². The van der Waals surface area contributed by atoms with Crippen LogP contribution in [-0.4, -0.2) is 35.8 Å². The summed E-state index contributed by atoms with van der Waals surface area (Å²) in [5.74, 6) is 0.829. The van der Waals surface area contributed by atoms with Crippen molar-refractivity contribution in [2.75, 3.05) is 25.4 Å². The number of carbonyl (C=O) groups excluding carboxylic acids is 1. The van der Waals surface area contributed by atoms with Crippen molar-refractivity contribution in [3.8, 4) is 11.5 Å². The third-order valence-corrected chi connectivity index (χ3v) is 3.47. The molecule has 1 aromatic heterocycles. The van der Waals surface area contributed by atoms with Crippen LogP contribution in [0.4, 0.5) is 5.69 Å². The Hall–Kier alpha value is -2.64. The minimum atomic E-state index is -0.643. The maximum atomic E-state index is 10.8. The van der Waals surface area contributed by atoms with Crippen LogP contribution in [-0.2, 0) is 4.79 Å². The number of ether oxygens (including phenoxy) is 2. The van der Waals surface area contributed by atoms with Gasteiger partial charge in [-0.25, -0.2) is 0 Å². The molecule has 0 aliphatic rings. The minimum Gasteiger partial charge on any atom is -0.492 e. The van der Waals surface area contributed by atoms with E-state index in [1.807, 2.05) is 0 Å². The second-order valence-electron chi connectivity index (χ2n) is 5.47. The number of hydrogen-bond donors (Lipinski definition) is 3. The Morgan fingerprint density at radius 1 is 1.24 bits per heavy atom. The molecule has 0 saturated carbocycles. The smallest absolute Gasteiger partial charge is 0.308 e. The number of pyridine rings is 1. The lowest BCUT2D eigenvalue weighted by Gasteiger charge is -2.13. The third kappa shape index (κ3) is 6.40. The van der Waals surface area contributed by atoms with Gasteiger partial charge in [0.05, 0.1) is 6.10 Å². The molecule has 25 heavy (non-hydrogen) atoms. The summed E-state index contributed by atoms with van der Waals surface area (Å²) in [5, 5.41) is 13.3. The monoisotopic (exact) mass is 345 g/mol. The Balaban J connectivity index is 1.62. The number of nitrogens with zero attached hydrogens (tertiary/aromatic N) is 1. The number of carbonyl (C=O) groups is 1. The van der Waals surface area contributed by atoms with Gasteiger partial charge >= 0.3 is 5.97 Å². The van der Waals surface area contributed by atoms with Crippen LogP contribution in [0, 0.1) is 0 Å². The van der Waals surface area contributed by atoms with Gasteiger partial charge in [0.2, 0.25) is 0 Å². The fraction of sp³-hybridized carbons (Fsp3) is 0.333. The van der Waals surface area contributed by atoms with Crippen LogP contribution in [0.3, 0.4) is 0 Å². The molecule has 1 atom stereocenters. The topological polar surface area (TPSA) is 107 Å². The van der Waals surface area contributed by atoms with Gasteiger partial charge in [-0.3, -0.25) is 9.78 Å². The van der Waals surface area contributed by atoms with Gasteiger partial charge in [-0.1, -0.05) is 0 Å². The van der Waals surface area contributed by atoms with Gasteiger partial charge in [0.25, 0.3) is 0 Å². The van der Waals surface area contributed by atoms with Gasteiger partial charge < -0.3 is 25.6 Å². The molecule has 0 bridgehead atoms. The van der Waals surface area contributed by atoms with Gasteiger partial charge in [-0.05, 0) is 43.3 Å². The summed E-state index contributed by atoms with van der Waals surface area (Å²) in [6.07, 6.45) is 3.08. The molecule has 1 unspecified atom stereocenters. The van der Waals surface area contributed by atoms with Crippen molar-refractivity contribution in [1.82, 2.24) is 10.3 Å². The van der Waals surface area contributed by atoms with Gasteiger partial charge in [0, 0.05) is 37.1 Å². The molecule has 0 amide bonds. The number of aliphatic hydroxyl groups is 1. The molecule has 134 valence electrons. The lowest BCUT2D eigenvalue weighted by Crippen LogP contribution is -2.23. The van der Waals surface area contributed by atoms with Crippen LogP contribution in [0.5, 0.6) is 11.5 Å². The van der Waals surface area contributed by atoms with Crippen LogP contribution in [0.1, 0.15) is 25.0 Å². The predicted octanol–water partition coefficient (Wildman–Crippen LogP) is 1.68. The molecular weight excluding hydrogens is 322 g/mol. The summed E-state index contributed by atoms with van der Waals surface area (Å²) in [4.78, 5) is 14.8. The molecule has 0 aliphatic carbocycles. The highest BCUT2D eigenvalue weighted by Gasteiger charge is 2.10. The standard InChI is InChI=1S/C18H23N3O4/c1-13(22)25-15-4-2-14(3-5-15)24-11-10-20-9-7-18(23)16-12-21-8-6-17(16)19/h2-6,8,12,18,20,23H,7,9-11H2,1H3,(H2,19,21). The molecule has 4 N–H and O–H groups in total. The first-order valence-electron chi connectivity index (χ1n) is 8.05. The maximum Gasteiger partial charge on any atom is 0.308 e.